The van der Waals surface area contributed by atoms with Gasteiger partial charge >= 0.3 is 0 Å². The van der Waals surface area contributed by atoms with Crippen molar-refractivity contribution >= 4 is 5.95 Å². The van der Waals surface area contributed by atoms with E-state index in [1.165, 1.54) is 0 Å². The third kappa shape index (κ3) is 2.43. The van der Waals surface area contributed by atoms with Gasteiger partial charge in [0, 0.05) is 18.3 Å². The number of anilines is 1. The summed E-state index contributed by atoms with van der Waals surface area (Å²) in [5.74, 6) is 1.55. The molecule has 98 valence electrons. The molecule has 6 heteroatoms. The molecule has 1 atom stereocenters. The molecule has 1 aromatic carbocycles. The van der Waals surface area contributed by atoms with Crippen molar-refractivity contribution in [1.82, 2.24) is 9.97 Å². The van der Waals surface area contributed by atoms with Crippen molar-refractivity contribution in [3.8, 4) is 11.5 Å². The third-order valence-electron chi connectivity index (χ3n) is 2.92. The summed E-state index contributed by atoms with van der Waals surface area (Å²) in [6.45, 7) is 0.220. The van der Waals surface area contributed by atoms with E-state index in [2.05, 4.69) is 9.97 Å². The molecule has 3 N–H and O–H groups in total. The molecule has 3 rings (SSSR count). The van der Waals surface area contributed by atoms with Crippen LogP contribution in [0, 0.1) is 0 Å². The maximum Gasteiger partial charge on any atom is 0.231 e. The van der Waals surface area contributed by atoms with E-state index in [1.54, 1.807) is 24.4 Å². The first-order chi connectivity index (χ1) is 9.22. The summed E-state index contributed by atoms with van der Waals surface area (Å²) in [6.07, 6.45) is 1.26. The predicted octanol–water partition coefficient (Wildman–Crippen LogP) is 1.06. The topological polar surface area (TPSA) is 90.5 Å². The standard InChI is InChI=1S/C13H13N3O3/c14-13-15-4-3-9(16-13)6-10(17)8-1-2-11-12(5-8)19-7-18-11/h1-5,10,17H,6-7H2,(H2,14,15,16). The van der Waals surface area contributed by atoms with Crippen LogP contribution in [0.2, 0.25) is 0 Å². The highest BCUT2D eigenvalue weighted by Crippen LogP contribution is 2.34. The maximum atomic E-state index is 10.2. The van der Waals surface area contributed by atoms with Crippen LogP contribution >= 0.6 is 0 Å². The monoisotopic (exact) mass is 259 g/mol. The zero-order chi connectivity index (χ0) is 13.2. The first kappa shape index (κ1) is 11.7. The number of rotatable bonds is 3. The van der Waals surface area contributed by atoms with Gasteiger partial charge in [-0.1, -0.05) is 6.07 Å². The highest BCUT2D eigenvalue weighted by molar-refractivity contribution is 5.45. The second-order valence-electron chi connectivity index (χ2n) is 4.24. The van der Waals surface area contributed by atoms with Gasteiger partial charge < -0.3 is 20.3 Å². The van der Waals surface area contributed by atoms with E-state index >= 15 is 0 Å². The van der Waals surface area contributed by atoms with Crippen LogP contribution in [0.4, 0.5) is 5.95 Å². The van der Waals surface area contributed by atoms with Gasteiger partial charge in [-0.2, -0.15) is 0 Å². The number of hydrogen-bond acceptors (Lipinski definition) is 6. The van der Waals surface area contributed by atoms with E-state index in [0.29, 0.717) is 23.6 Å². The van der Waals surface area contributed by atoms with E-state index in [0.717, 1.165) is 5.56 Å². The summed E-state index contributed by atoms with van der Waals surface area (Å²) in [4.78, 5) is 7.88. The molecule has 1 aliphatic rings. The third-order valence-corrected chi connectivity index (χ3v) is 2.92. The summed E-state index contributed by atoms with van der Waals surface area (Å²) < 4.78 is 10.5. The van der Waals surface area contributed by atoms with Gasteiger partial charge in [0.2, 0.25) is 12.7 Å². The molecule has 0 aliphatic carbocycles. The van der Waals surface area contributed by atoms with Crippen molar-refractivity contribution < 1.29 is 14.6 Å². The van der Waals surface area contributed by atoms with Crippen molar-refractivity contribution in [1.29, 1.82) is 0 Å². The van der Waals surface area contributed by atoms with Crippen molar-refractivity contribution in [3.05, 3.63) is 41.7 Å². The number of nitrogen functional groups attached to an aromatic ring is 1. The number of aromatic nitrogens is 2. The van der Waals surface area contributed by atoms with Crippen LogP contribution < -0.4 is 15.2 Å². The first-order valence-electron chi connectivity index (χ1n) is 5.87. The van der Waals surface area contributed by atoms with E-state index in [4.69, 9.17) is 15.2 Å². The second kappa shape index (κ2) is 4.74. The minimum absolute atomic E-state index is 0.204. The Bertz CT molecular complexity index is 603. The molecule has 0 fully saturated rings. The Morgan fingerprint density at radius 1 is 1.26 bits per heavy atom. The molecule has 1 aromatic heterocycles. The Labute approximate surface area is 109 Å². The number of nitrogens with zero attached hydrogens (tertiary/aromatic N) is 2. The number of fused-ring (bicyclic) bond motifs is 1. The van der Waals surface area contributed by atoms with Gasteiger partial charge in [-0.3, -0.25) is 0 Å². The zero-order valence-corrected chi connectivity index (χ0v) is 10.1. The van der Waals surface area contributed by atoms with Crippen LogP contribution in [0.15, 0.2) is 30.5 Å². The molecule has 0 saturated heterocycles. The van der Waals surface area contributed by atoms with Gasteiger partial charge in [0.1, 0.15) is 0 Å². The van der Waals surface area contributed by atoms with Crippen LogP contribution in [-0.2, 0) is 6.42 Å². The van der Waals surface area contributed by atoms with Gasteiger partial charge in [0.05, 0.1) is 6.10 Å². The number of hydrogen-bond donors (Lipinski definition) is 2. The summed E-state index contributed by atoms with van der Waals surface area (Å²) in [5, 5.41) is 10.2. The fourth-order valence-electron chi connectivity index (χ4n) is 1.96. The Morgan fingerprint density at radius 2 is 2.11 bits per heavy atom. The van der Waals surface area contributed by atoms with Crippen molar-refractivity contribution in [3.63, 3.8) is 0 Å². The molecule has 1 aliphatic heterocycles. The molecular weight excluding hydrogens is 246 g/mol. The average Bonchev–Trinajstić information content (AvgIpc) is 2.85. The van der Waals surface area contributed by atoms with E-state index in [1.807, 2.05) is 6.07 Å². The fraction of sp³-hybridized carbons (Fsp3) is 0.231. The normalized spacial score (nSPS) is 14.4. The largest absolute Gasteiger partial charge is 0.454 e. The number of ether oxygens (including phenoxy) is 2. The van der Waals surface area contributed by atoms with Crippen molar-refractivity contribution in [2.24, 2.45) is 0 Å². The minimum Gasteiger partial charge on any atom is -0.454 e. The Kier molecular flexibility index (Phi) is 2.92. The Hall–Kier alpha value is -2.34. The smallest absolute Gasteiger partial charge is 0.231 e. The van der Waals surface area contributed by atoms with E-state index in [9.17, 15) is 5.11 Å². The molecule has 6 nitrogen and oxygen atoms in total. The van der Waals surface area contributed by atoms with Crippen LogP contribution in [0.1, 0.15) is 17.4 Å². The van der Waals surface area contributed by atoms with E-state index in [-0.39, 0.29) is 12.7 Å². The number of aliphatic hydroxyl groups excluding tert-OH is 1. The molecule has 0 saturated carbocycles. The summed E-state index contributed by atoms with van der Waals surface area (Å²) in [6, 6.07) is 7.10. The Morgan fingerprint density at radius 3 is 2.95 bits per heavy atom. The summed E-state index contributed by atoms with van der Waals surface area (Å²) in [7, 11) is 0. The van der Waals surface area contributed by atoms with Crippen LogP contribution in [0.25, 0.3) is 0 Å². The van der Waals surface area contributed by atoms with Gasteiger partial charge in [-0.05, 0) is 23.8 Å². The average molecular weight is 259 g/mol. The quantitative estimate of drug-likeness (QED) is 0.856. The molecule has 0 amide bonds. The minimum atomic E-state index is -0.677. The SMILES string of the molecule is Nc1nccc(CC(O)c2ccc3c(c2)OCO3)n1. The fourth-order valence-corrected chi connectivity index (χ4v) is 1.96. The number of aliphatic hydroxyl groups is 1. The Balaban J connectivity index is 1.78. The summed E-state index contributed by atoms with van der Waals surface area (Å²) in [5.41, 5.74) is 6.95. The molecule has 0 spiro atoms. The molecular formula is C13H13N3O3. The lowest BCUT2D eigenvalue weighted by Gasteiger charge is -2.11. The van der Waals surface area contributed by atoms with Gasteiger partial charge in [-0.15, -0.1) is 0 Å². The molecule has 2 aromatic rings. The van der Waals surface area contributed by atoms with Crippen molar-refractivity contribution in [2.45, 2.75) is 12.5 Å². The predicted molar refractivity (Wildman–Crippen MR) is 67.7 cm³/mol. The van der Waals surface area contributed by atoms with E-state index < -0.39 is 6.10 Å². The lowest BCUT2D eigenvalue weighted by atomic mass is 10.0. The maximum absolute atomic E-state index is 10.2. The highest BCUT2D eigenvalue weighted by atomic mass is 16.7. The molecule has 0 radical (unpaired) electrons. The van der Waals surface area contributed by atoms with Crippen molar-refractivity contribution in [2.75, 3.05) is 12.5 Å². The van der Waals surface area contributed by atoms with Crippen LogP contribution in [0.3, 0.4) is 0 Å². The van der Waals surface area contributed by atoms with Gasteiger partial charge in [0.25, 0.3) is 0 Å². The first-order valence-corrected chi connectivity index (χ1v) is 5.87. The van der Waals surface area contributed by atoms with Crippen LogP contribution in [-0.4, -0.2) is 21.9 Å². The highest BCUT2D eigenvalue weighted by Gasteiger charge is 2.17. The second-order valence-corrected chi connectivity index (χ2v) is 4.24. The lowest BCUT2D eigenvalue weighted by molar-refractivity contribution is 0.171. The summed E-state index contributed by atoms with van der Waals surface area (Å²) >= 11 is 0. The van der Waals surface area contributed by atoms with Gasteiger partial charge in [-0.25, -0.2) is 9.97 Å². The molecule has 0 bridgehead atoms. The molecule has 2 heterocycles. The lowest BCUT2D eigenvalue weighted by Crippen LogP contribution is -2.05. The number of nitrogens with two attached hydrogens (primary N) is 1. The number of benzene rings is 1. The van der Waals surface area contributed by atoms with Crippen LogP contribution in [0.5, 0.6) is 11.5 Å². The van der Waals surface area contributed by atoms with Gasteiger partial charge in [0.15, 0.2) is 11.5 Å². The molecule has 19 heavy (non-hydrogen) atoms. The molecule has 1 unspecified atom stereocenters. The zero-order valence-electron chi connectivity index (χ0n) is 10.1.